The van der Waals surface area contributed by atoms with E-state index in [9.17, 15) is 9.90 Å². The largest absolute Gasteiger partial charge is 0.492 e. The minimum atomic E-state index is -0.693. The lowest BCUT2D eigenvalue weighted by Crippen LogP contribution is -2.47. The molecule has 0 radical (unpaired) electrons. The molecule has 160 valence electrons. The predicted molar refractivity (Wildman–Crippen MR) is 117 cm³/mol. The Morgan fingerprint density at radius 1 is 1.03 bits per heavy atom. The predicted octanol–water partition coefficient (Wildman–Crippen LogP) is 2.50. The van der Waals surface area contributed by atoms with Crippen LogP contribution in [0.3, 0.4) is 0 Å². The molecule has 8 nitrogen and oxygen atoms in total. The number of piperidine rings is 1. The molecule has 1 aromatic heterocycles. The molecule has 0 amide bonds. The number of ether oxygens (including phenoxy) is 1. The van der Waals surface area contributed by atoms with E-state index >= 15 is 0 Å². The third-order valence-corrected chi connectivity index (χ3v) is 5.86. The van der Waals surface area contributed by atoms with Crippen molar-refractivity contribution >= 4 is 23.4 Å². The summed E-state index contributed by atoms with van der Waals surface area (Å²) in [7, 11) is 0. The smallest absolute Gasteiger partial charge is 0.306 e. The number of carbonyl (C=O) groups is 1. The molecular weight excluding hydrogens is 382 g/mol. The summed E-state index contributed by atoms with van der Waals surface area (Å²) in [4.78, 5) is 27.2. The summed E-state index contributed by atoms with van der Waals surface area (Å²) < 4.78 is 5.78. The van der Waals surface area contributed by atoms with Crippen molar-refractivity contribution in [2.45, 2.75) is 19.8 Å². The first kappa shape index (κ1) is 20.3. The molecule has 30 heavy (non-hydrogen) atoms. The van der Waals surface area contributed by atoms with E-state index < -0.39 is 5.97 Å². The number of anilines is 3. The monoisotopic (exact) mass is 411 g/mol. The van der Waals surface area contributed by atoms with E-state index in [0.717, 1.165) is 62.5 Å². The van der Waals surface area contributed by atoms with E-state index in [-0.39, 0.29) is 5.92 Å². The van der Waals surface area contributed by atoms with Crippen LogP contribution in [-0.2, 0) is 4.79 Å². The Morgan fingerprint density at radius 2 is 1.73 bits per heavy atom. The zero-order chi connectivity index (χ0) is 20.9. The molecule has 1 N–H and O–H groups in total. The van der Waals surface area contributed by atoms with Crippen molar-refractivity contribution < 1.29 is 14.6 Å². The quantitative estimate of drug-likeness (QED) is 0.777. The fourth-order valence-electron chi connectivity index (χ4n) is 4.17. The molecule has 0 unspecified atom stereocenters. The first-order valence-electron chi connectivity index (χ1n) is 10.7. The zero-order valence-electron chi connectivity index (χ0n) is 17.4. The summed E-state index contributed by atoms with van der Waals surface area (Å²) in [6, 6.07) is 10.1. The Bertz CT molecular complexity index is 861. The Labute approximate surface area is 177 Å². The number of para-hydroxylation sites is 2. The van der Waals surface area contributed by atoms with Crippen molar-refractivity contribution in [3.63, 3.8) is 0 Å². The lowest BCUT2D eigenvalue weighted by Gasteiger charge is -2.37. The highest BCUT2D eigenvalue weighted by Gasteiger charge is 2.26. The van der Waals surface area contributed by atoms with E-state index in [1.807, 2.05) is 31.2 Å². The second-order valence-electron chi connectivity index (χ2n) is 7.69. The summed E-state index contributed by atoms with van der Waals surface area (Å²) in [6.45, 7) is 7.52. The Balaban J connectivity index is 1.39. The van der Waals surface area contributed by atoms with Crippen LogP contribution in [0.2, 0.25) is 0 Å². The molecule has 1 aromatic carbocycles. The summed E-state index contributed by atoms with van der Waals surface area (Å²) in [5.41, 5.74) is 1.13. The van der Waals surface area contributed by atoms with Gasteiger partial charge in [0.15, 0.2) is 0 Å². The minimum absolute atomic E-state index is 0.241. The molecule has 0 saturated carbocycles. The first-order chi connectivity index (χ1) is 14.7. The number of piperazine rings is 1. The number of carboxylic acids is 1. The van der Waals surface area contributed by atoms with Gasteiger partial charge in [0, 0.05) is 45.5 Å². The number of aliphatic carboxylic acids is 1. The molecule has 2 aliphatic rings. The zero-order valence-corrected chi connectivity index (χ0v) is 17.4. The topological polar surface area (TPSA) is 82.0 Å². The van der Waals surface area contributed by atoms with Crippen molar-refractivity contribution in [1.82, 2.24) is 9.97 Å². The van der Waals surface area contributed by atoms with Gasteiger partial charge in [0.05, 0.1) is 18.2 Å². The van der Waals surface area contributed by atoms with Gasteiger partial charge in [-0.2, -0.15) is 4.98 Å². The third kappa shape index (κ3) is 4.42. The highest BCUT2D eigenvalue weighted by Crippen LogP contribution is 2.29. The van der Waals surface area contributed by atoms with Crippen LogP contribution in [0.1, 0.15) is 19.8 Å². The number of hydrogen-bond acceptors (Lipinski definition) is 7. The molecule has 8 heteroatoms. The summed E-state index contributed by atoms with van der Waals surface area (Å²) in [6.07, 6.45) is 3.12. The fraction of sp³-hybridized carbons (Fsp3) is 0.500. The van der Waals surface area contributed by atoms with Crippen LogP contribution >= 0.6 is 0 Å². The van der Waals surface area contributed by atoms with Gasteiger partial charge >= 0.3 is 5.97 Å². The van der Waals surface area contributed by atoms with E-state index in [0.29, 0.717) is 19.4 Å². The molecule has 3 heterocycles. The van der Waals surface area contributed by atoms with Crippen LogP contribution in [0.4, 0.5) is 17.5 Å². The van der Waals surface area contributed by atoms with E-state index in [2.05, 4.69) is 25.8 Å². The van der Waals surface area contributed by atoms with Crippen molar-refractivity contribution in [2.24, 2.45) is 5.92 Å². The molecule has 0 aliphatic carbocycles. The van der Waals surface area contributed by atoms with Gasteiger partial charge in [-0.05, 0) is 38.0 Å². The van der Waals surface area contributed by atoms with Gasteiger partial charge in [0.1, 0.15) is 11.6 Å². The van der Waals surface area contributed by atoms with E-state index in [4.69, 9.17) is 9.72 Å². The molecular formula is C22H29N5O3. The minimum Gasteiger partial charge on any atom is -0.492 e. The van der Waals surface area contributed by atoms with Crippen LogP contribution in [0.25, 0.3) is 0 Å². The number of rotatable bonds is 6. The van der Waals surface area contributed by atoms with Gasteiger partial charge in [-0.3, -0.25) is 4.79 Å². The normalized spacial score (nSPS) is 17.8. The fourth-order valence-corrected chi connectivity index (χ4v) is 4.17. The summed E-state index contributed by atoms with van der Waals surface area (Å²) >= 11 is 0. The van der Waals surface area contributed by atoms with Gasteiger partial charge in [-0.15, -0.1) is 0 Å². The number of carboxylic acid groups (broad SMARTS) is 1. The SMILES string of the molecule is CCOc1ccccc1N1CCN(c2nccc(N3CCC(C(=O)O)CC3)n2)CC1. The Morgan fingerprint density at radius 3 is 2.43 bits per heavy atom. The number of hydrogen-bond donors (Lipinski definition) is 1. The summed E-state index contributed by atoms with van der Waals surface area (Å²) in [5.74, 6) is 1.62. The average molecular weight is 412 g/mol. The maximum absolute atomic E-state index is 11.2. The van der Waals surface area contributed by atoms with Gasteiger partial charge in [-0.25, -0.2) is 4.98 Å². The lowest BCUT2D eigenvalue weighted by molar-refractivity contribution is -0.142. The van der Waals surface area contributed by atoms with Crippen molar-refractivity contribution in [3.05, 3.63) is 36.5 Å². The first-order valence-corrected chi connectivity index (χ1v) is 10.7. The Kier molecular flexibility index (Phi) is 6.21. The van der Waals surface area contributed by atoms with Gasteiger partial charge in [0.2, 0.25) is 5.95 Å². The second kappa shape index (κ2) is 9.19. The van der Waals surface area contributed by atoms with Crippen LogP contribution in [0, 0.1) is 5.92 Å². The van der Waals surface area contributed by atoms with Crippen LogP contribution in [-0.4, -0.2) is 66.9 Å². The Hall–Kier alpha value is -3.03. The second-order valence-corrected chi connectivity index (χ2v) is 7.69. The lowest BCUT2D eigenvalue weighted by atomic mass is 9.97. The standard InChI is InChI=1S/C22H29N5O3/c1-2-30-19-6-4-3-5-18(19)25-13-15-27(16-14-25)22-23-10-7-20(24-22)26-11-8-17(9-12-26)21(28)29/h3-7,10,17H,2,8-9,11-16H2,1H3,(H,28,29). The van der Waals surface area contributed by atoms with E-state index in [1.54, 1.807) is 6.20 Å². The molecule has 4 rings (SSSR count). The number of nitrogens with zero attached hydrogens (tertiary/aromatic N) is 5. The van der Waals surface area contributed by atoms with Gasteiger partial charge < -0.3 is 24.5 Å². The van der Waals surface area contributed by atoms with Gasteiger partial charge in [-0.1, -0.05) is 12.1 Å². The van der Waals surface area contributed by atoms with Crippen molar-refractivity contribution in [1.29, 1.82) is 0 Å². The molecule has 2 fully saturated rings. The van der Waals surface area contributed by atoms with Crippen molar-refractivity contribution in [2.75, 3.05) is 60.6 Å². The highest BCUT2D eigenvalue weighted by molar-refractivity contribution is 5.70. The van der Waals surface area contributed by atoms with Crippen LogP contribution in [0.5, 0.6) is 5.75 Å². The van der Waals surface area contributed by atoms with E-state index in [1.165, 1.54) is 0 Å². The maximum atomic E-state index is 11.2. The summed E-state index contributed by atoms with van der Waals surface area (Å²) in [5, 5.41) is 9.20. The molecule has 0 bridgehead atoms. The molecule has 2 aliphatic heterocycles. The van der Waals surface area contributed by atoms with Crippen molar-refractivity contribution in [3.8, 4) is 5.75 Å². The highest BCUT2D eigenvalue weighted by atomic mass is 16.5. The molecule has 0 spiro atoms. The molecule has 2 aromatic rings. The van der Waals surface area contributed by atoms with Gasteiger partial charge in [0.25, 0.3) is 0 Å². The molecule has 0 atom stereocenters. The average Bonchev–Trinajstić information content (AvgIpc) is 2.80. The third-order valence-electron chi connectivity index (χ3n) is 5.86. The number of aromatic nitrogens is 2. The van der Waals surface area contributed by atoms with Crippen LogP contribution < -0.4 is 19.4 Å². The maximum Gasteiger partial charge on any atom is 0.306 e. The number of benzene rings is 1. The molecule has 2 saturated heterocycles. The van der Waals surface area contributed by atoms with Crippen LogP contribution in [0.15, 0.2) is 36.5 Å².